The zero-order valence-corrected chi connectivity index (χ0v) is 20.8. The van der Waals surface area contributed by atoms with Crippen LogP contribution in [-0.4, -0.2) is 96.5 Å². The number of aliphatic hydroxyl groups is 1. The Morgan fingerprint density at radius 2 is 1.78 bits per heavy atom. The monoisotopic (exact) mass is 492 g/mol. The van der Waals surface area contributed by atoms with E-state index in [2.05, 4.69) is 46.1 Å². The number of ether oxygens (including phenoxy) is 2. The second kappa shape index (κ2) is 9.11. The quantitative estimate of drug-likeness (QED) is 0.570. The summed E-state index contributed by atoms with van der Waals surface area (Å²) in [6.07, 6.45) is 1.54. The summed E-state index contributed by atoms with van der Waals surface area (Å²) < 4.78 is 13.4. The number of anilines is 2. The lowest BCUT2D eigenvalue weighted by molar-refractivity contribution is -0.176. The molecule has 1 aromatic carbocycles. The predicted molar refractivity (Wildman–Crippen MR) is 137 cm³/mol. The third-order valence-corrected chi connectivity index (χ3v) is 7.69. The van der Waals surface area contributed by atoms with Crippen molar-refractivity contribution in [2.24, 2.45) is 13.0 Å². The molecular formula is C26H32N6O4. The number of likely N-dealkylation sites (N-methyl/N-ethyl adjacent to an activating group) is 1. The summed E-state index contributed by atoms with van der Waals surface area (Å²) in [7, 11) is 3.84. The van der Waals surface area contributed by atoms with E-state index in [-0.39, 0.29) is 18.1 Å². The third-order valence-electron chi connectivity index (χ3n) is 7.69. The van der Waals surface area contributed by atoms with Gasteiger partial charge in [-0.25, -0.2) is 9.97 Å². The van der Waals surface area contributed by atoms with Crippen molar-refractivity contribution in [2.45, 2.75) is 5.79 Å². The Bertz CT molecular complexity index is 1310. The molecule has 10 heteroatoms. The van der Waals surface area contributed by atoms with Crippen molar-refractivity contribution < 1.29 is 14.6 Å². The van der Waals surface area contributed by atoms with Gasteiger partial charge in [-0.1, -0.05) is 12.1 Å². The number of nitrogens with zero attached hydrogens (tertiary/aromatic N) is 6. The first-order valence-electron chi connectivity index (χ1n) is 12.5. The molecule has 5 heterocycles. The van der Waals surface area contributed by atoms with Crippen molar-refractivity contribution in [2.75, 3.05) is 75.9 Å². The van der Waals surface area contributed by atoms with E-state index in [4.69, 9.17) is 14.5 Å². The first kappa shape index (κ1) is 23.4. The summed E-state index contributed by atoms with van der Waals surface area (Å²) in [6, 6.07) is 10.3. The highest BCUT2D eigenvalue weighted by molar-refractivity contribution is 5.92. The van der Waals surface area contributed by atoms with Gasteiger partial charge in [0, 0.05) is 51.0 Å². The van der Waals surface area contributed by atoms with Crippen LogP contribution in [0, 0.1) is 5.92 Å². The summed E-state index contributed by atoms with van der Waals surface area (Å²) >= 11 is 0. The molecule has 10 nitrogen and oxygen atoms in total. The lowest BCUT2D eigenvalue weighted by Gasteiger charge is -2.34. The molecule has 3 saturated heterocycles. The molecule has 0 bridgehead atoms. The Morgan fingerprint density at radius 1 is 1.06 bits per heavy atom. The molecule has 3 aromatic rings. The standard InChI is InChI=1S/C26H32N6O4/c1-29-7-9-31(10-8-29)20-5-3-18(4-6-20)21-13-22-23(25(34)30(2)17-27-22)24(28-21)32-14-19(15-33)26(16-32)35-11-12-36-26/h3-6,13,17,19,33H,7-12,14-16H2,1-2H3. The fraction of sp³-hybridized carbons (Fsp3) is 0.500. The van der Waals surface area contributed by atoms with Gasteiger partial charge in [0.05, 0.1) is 49.8 Å². The van der Waals surface area contributed by atoms with E-state index in [1.54, 1.807) is 13.4 Å². The molecule has 0 radical (unpaired) electrons. The zero-order chi connectivity index (χ0) is 24.9. The number of hydrogen-bond acceptors (Lipinski definition) is 9. The summed E-state index contributed by atoms with van der Waals surface area (Å²) in [6.45, 7) is 5.89. The number of piperazine rings is 1. The summed E-state index contributed by atoms with van der Waals surface area (Å²) in [5, 5.41) is 10.5. The minimum atomic E-state index is -0.879. The van der Waals surface area contributed by atoms with Gasteiger partial charge in [0.2, 0.25) is 0 Å². The number of aryl methyl sites for hydroxylation is 1. The van der Waals surface area contributed by atoms with E-state index in [1.165, 1.54) is 10.3 Å². The number of hydrogen-bond donors (Lipinski definition) is 1. The van der Waals surface area contributed by atoms with Gasteiger partial charge >= 0.3 is 0 Å². The van der Waals surface area contributed by atoms with Crippen LogP contribution in [-0.2, 0) is 16.5 Å². The molecule has 1 unspecified atom stereocenters. The highest BCUT2D eigenvalue weighted by Crippen LogP contribution is 2.39. The van der Waals surface area contributed by atoms with Gasteiger partial charge in [0.25, 0.3) is 5.56 Å². The van der Waals surface area contributed by atoms with E-state index in [1.807, 2.05) is 11.0 Å². The molecule has 3 aliphatic heterocycles. The first-order chi connectivity index (χ1) is 17.5. The number of aliphatic hydroxyl groups excluding tert-OH is 1. The maximum atomic E-state index is 13.2. The molecule has 190 valence electrons. The average Bonchev–Trinajstić information content (AvgIpc) is 3.53. The van der Waals surface area contributed by atoms with Crippen LogP contribution in [0.3, 0.4) is 0 Å². The molecular weight excluding hydrogens is 460 g/mol. The molecule has 3 aliphatic rings. The molecule has 1 N–H and O–H groups in total. The molecule has 0 aliphatic carbocycles. The summed E-state index contributed by atoms with van der Waals surface area (Å²) in [4.78, 5) is 29.5. The molecule has 1 spiro atoms. The number of benzene rings is 1. The first-order valence-corrected chi connectivity index (χ1v) is 12.5. The zero-order valence-electron chi connectivity index (χ0n) is 20.8. The van der Waals surface area contributed by atoms with Gasteiger partial charge in [0.1, 0.15) is 11.2 Å². The topological polar surface area (TPSA) is 96.2 Å². The van der Waals surface area contributed by atoms with Gasteiger partial charge < -0.3 is 33.8 Å². The fourth-order valence-corrected chi connectivity index (χ4v) is 5.51. The van der Waals surface area contributed by atoms with Gasteiger partial charge in [-0.3, -0.25) is 4.79 Å². The Balaban J connectivity index is 1.39. The molecule has 6 rings (SSSR count). The second-order valence-electron chi connectivity index (χ2n) is 9.99. The van der Waals surface area contributed by atoms with Crippen molar-refractivity contribution in [3.8, 4) is 11.3 Å². The third kappa shape index (κ3) is 3.94. The van der Waals surface area contributed by atoms with Crippen LogP contribution >= 0.6 is 0 Å². The van der Waals surface area contributed by atoms with Crippen LogP contribution < -0.4 is 15.4 Å². The Kier molecular flexibility index (Phi) is 5.91. The van der Waals surface area contributed by atoms with E-state index in [9.17, 15) is 9.90 Å². The van der Waals surface area contributed by atoms with Crippen LogP contribution in [0.25, 0.3) is 22.2 Å². The SMILES string of the molecule is CN1CCN(c2ccc(-c3cc4ncn(C)c(=O)c4c(N4CC(CO)C5(C4)OCCO5)n3)cc2)CC1. The van der Waals surface area contributed by atoms with Crippen LogP contribution in [0.15, 0.2) is 41.5 Å². The number of fused-ring (bicyclic) bond motifs is 1. The number of pyridine rings is 1. The predicted octanol–water partition coefficient (Wildman–Crippen LogP) is 0.919. The number of aromatic nitrogens is 3. The normalized spacial score (nSPS) is 22.2. The largest absolute Gasteiger partial charge is 0.396 e. The maximum Gasteiger partial charge on any atom is 0.264 e. The van der Waals surface area contributed by atoms with Crippen molar-refractivity contribution in [1.29, 1.82) is 0 Å². The highest BCUT2D eigenvalue weighted by Gasteiger charge is 2.51. The van der Waals surface area contributed by atoms with Crippen molar-refractivity contribution in [1.82, 2.24) is 19.4 Å². The Hall–Kier alpha value is -3.05. The minimum Gasteiger partial charge on any atom is -0.396 e. The van der Waals surface area contributed by atoms with Crippen molar-refractivity contribution in [3.05, 3.63) is 47.0 Å². The lowest BCUT2D eigenvalue weighted by Crippen LogP contribution is -2.44. The second-order valence-corrected chi connectivity index (χ2v) is 9.99. The van der Waals surface area contributed by atoms with Crippen LogP contribution in [0.4, 0.5) is 11.5 Å². The molecule has 36 heavy (non-hydrogen) atoms. The summed E-state index contributed by atoms with van der Waals surface area (Å²) in [5.41, 5.74) is 3.34. The van der Waals surface area contributed by atoms with Crippen LogP contribution in [0.2, 0.25) is 0 Å². The van der Waals surface area contributed by atoms with Gasteiger partial charge in [0.15, 0.2) is 5.79 Å². The lowest BCUT2D eigenvalue weighted by atomic mass is 10.0. The van der Waals surface area contributed by atoms with Crippen LogP contribution in [0.5, 0.6) is 0 Å². The van der Waals surface area contributed by atoms with Gasteiger partial charge in [-0.2, -0.15) is 0 Å². The van der Waals surface area contributed by atoms with Crippen molar-refractivity contribution >= 4 is 22.4 Å². The van der Waals surface area contributed by atoms with E-state index < -0.39 is 5.79 Å². The van der Waals surface area contributed by atoms with Gasteiger partial charge in [-0.15, -0.1) is 0 Å². The Labute approximate surface area is 209 Å². The molecule has 1 atom stereocenters. The van der Waals surface area contributed by atoms with E-state index in [0.717, 1.165) is 37.4 Å². The van der Waals surface area contributed by atoms with Gasteiger partial charge in [-0.05, 0) is 25.2 Å². The fourth-order valence-electron chi connectivity index (χ4n) is 5.51. The Morgan fingerprint density at radius 3 is 2.47 bits per heavy atom. The minimum absolute atomic E-state index is 0.0713. The molecule has 0 amide bonds. The molecule has 0 saturated carbocycles. The average molecular weight is 493 g/mol. The maximum absolute atomic E-state index is 13.2. The molecule has 2 aromatic heterocycles. The van der Waals surface area contributed by atoms with E-state index >= 15 is 0 Å². The van der Waals surface area contributed by atoms with Crippen LogP contribution in [0.1, 0.15) is 0 Å². The highest BCUT2D eigenvalue weighted by atomic mass is 16.7. The number of rotatable bonds is 4. The van der Waals surface area contributed by atoms with E-state index in [0.29, 0.717) is 43.0 Å². The smallest absolute Gasteiger partial charge is 0.264 e. The molecule has 3 fully saturated rings. The summed E-state index contributed by atoms with van der Waals surface area (Å²) in [5.74, 6) is -0.561. The van der Waals surface area contributed by atoms with Crippen molar-refractivity contribution in [3.63, 3.8) is 0 Å².